The minimum Gasteiger partial charge on any atom is -0.366 e. The maximum absolute atomic E-state index is 12.7. The molecule has 26 heavy (non-hydrogen) atoms. The fourth-order valence-electron chi connectivity index (χ4n) is 3.70. The molecule has 1 heterocycles. The Morgan fingerprint density at radius 3 is 2.54 bits per heavy atom. The van der Waals surface area contributed by atoms with Crippen molar-refractivity contribution in [1.29, 1.82) is 0 Å². The van der Waals surface area contributed by atoms with Gasteiger partial charge in [0.15, 0.2) is 0 Å². The van der Waals surface area contributed by atoms with Crippen molar-refractivity contribution in [3.8, 4) is 0 Å². The maximum Gasteiger partial charge on any atom is 0.293 e. The molecular weight excluding hydrogens is 332 g/mol. The number of nitrogens with one attached hydrogen (secondary N) is 1. The summed E-state index contributed by atoms with van der Waals surface area (Å²) in [6.07, 6.45) is 4.16. The van der Waals surface area contributed by atoms with Crippen LogP contribution in [0.5, 0.6) is 0 Å². The Hall–Kier alpha value is -2.15. The monoisotopic (exact) mass is 360 g/mol. The Morgan fingerprint density at radius 1 is 1.35 bits per heavy atom. The lowest BCUT2D eigenvalue weighted by Gasteiger charge is -2.32. The third-order valence-electron chi connectivity index (χ3n) is 5.86. The quantitative estimate of drug-likeness (QED) is 0.600. The first-order chi connectivity index (χ1) is 12.3. The SMILES string of the molecule is CC1CCN(c2ccc(C(=O)NC(C)(CN)C3CC3)cc2[N+](=O)[O-])CC1. The molecule has 142 valence electrons. The summed E-state index contributed by atoms with van der Waals surface area (Å²) in [6, 6.07) is 4.78. The summed E-state index contributed by atoms with van der Waals surface area (Å²) in [7, 11) is 0. The molecule has 1 unspecified atom stereocenters. The summed E-state index contributed by atoms with van der Waals surface area (Å²) in [5, 5.41) is 14.6. The van der Waals surface area contributed by atoms with Crippen LogP contribution < -0.4 is 16.0 Å². The van der Waals surface area contributed by atoms with E-state index in [1.165, 1.54) is 6.07 Å². The third kappa shape index (κ3) is 3.82. The number of amides is 1. The molecule has 1 saturated carbocycles. The van der Waals surface area contributed by atoms with Crippen LogP contribution in [-0.4, -0.2) is 36.0 Å². The van der Waals surface area contributed by atoms with Crippen LogP contribution in [0.2, 0.25) is 0 Å². The summed E-state index contributed by atoms with van der Waals surface area (Å²) in [5.74, 6) is 0.736. The Balaban J connectivity index is 1.81. The summed E-state index contributed by atoms with van der Waals surface area (Å²) in [4.78, 5) is 25.9. The Morgan fingerprint density at radius 2 is 2.00 bits per heavy atom. The van der Waals surface area contributed by atoms with Gasteiger partial charge in [-0.3, -0.25) is 14.9 Å². The van der Waals surface area contributed by atoms with Gasteiger partial charge in [-0.05, 0) is 56.6 Å². The van der Waals surface area contributed by atoms with Crippen LogP contribution in [0.25, 0.3) is 0 Å². The lowest BCUT2D eigenvalue weighted by atomic mass is 9.95. The van der Waals surface area contributed by atoms with Crippen molar-refractivity contribution in [2.24, 2.45) is 17.6 Å². The average molecular weight is 360 g/mol. The van der Waals surface area contributed by atoms with E-state index >= 15 is 0 Å². The van der Waals surface area contributed by atoms with Crippen molar-refractivity contribution in [1.82, 2.24) is 5.32 Å². The van der Waals surface area contributed by atoms with Gasteiger partial charge in [-0.25, -0.2) is 0 Å². The predicted molar refractivity (Wildman–Crippen MR) is 101 cm³/mol. The molecule has 1 aromatic carbocycles. The van der Waals surface area contributed by atoms with Gasteiger partial charge in [-0.15, -0.1) is 0 Å². The van der Waals surface area contributed by atoms with Crippen LogP contribution >= 0.6 is 0 Å². The molecule has 1 aliphatic carbocycles. The summed E-state index contributed by atoms with van der Waals surface area (Å²) < 4.78 is 0. The molecule has 0 bridgehead atoms. The fraction of sp³-hybridized carbons (Fsp3) is 0.632. The molecule has 2 fully saturated rings. The van der Waals surface area contributed by atoms with E-state index in [4.69, 9.17) is 5.73 Å². The highest BCUT2D eigenvalue weighted by Crippen LogP contribution is 2.39. The number of carbonyl (C=O) groups excluding carboxylic acids is 1. The predicted octanol–water partition coefficient (Wildman–Crippen LogP) is 2.69. The smallest absolute Gasteiger partial charge is 0.293 e. The van der Waals surface area contributed by atoms with Crippen LogP contribution in [-0.2, 0) is 0 Å². The topological polar surface area (TPSA) is 102 Å². The number of rotatable bonds is 6. The first-order valence-electron chi connectivity index (χ1n) is 9.40. The summed E-state index contributed by atoms with van der Waals surface area (Å²) in [5.41, 5.74) is 6.31. The molecule has 7 heteroatoms. The molecule has 2 aliphatic rings. The number of anilines is 1. The minimum atomic E-state index is -0.451. The van der Waals surface area contributed by atoms with Crippen LogP contribution in [0.15, 0.2) is 18.2 Å². The van der Waals surface area contributed by atoms with Crippen LogP contribution in [0.4, 0.5) is 11.4 Å². The molecule has 0 aromatic heterocycles. The van der Waals surface area contributed by atoms with Crippen LogP contribution in [0.1, 0.15) is 49.9 Å². The number of hydrogen-bond acceptors (Lipinski definition) is 5. The second-order valence-corrected chi connectivity index (χ2v) is 7.98. The van der Waals surface area contributed by atoms with Crippen molar-refractivity contribution in [2.75, 3.05) is 24.5 Å². The molecule has 1 saturated heterocycles. The molecular formula is C19H28N4O3. The van der Waals surface area contributed by atoms with Crippen molar-refractivity contribution in [2.45, 2.75) is 45.1 Å². The molecule has 0 radical (unpaired) electrons. The normalized spacial score (nSPS) is 20.5. The zero-order valence-corrected chi connectivity index (χ0v) is 15.5. The number of piperidine rings is 1. The number of nitro groups is 1. The van der Waals surface area contributed by atoms with Gasteiger partial charge in [-0.1, -0.05) is 6.92 Å². The maximum atomic E-state index is 12.7. The van der Waals surface area contributed by atoms with Gasteiger partial charge >= 0.3 is 0 Å². The molecule has 3 rings (SSSR count). The average Bonchev–Trinajstić information content (AvgIpc) is 3.47. The van der Waals surface area contributed by atoms with Crippen molar-refractivity contribution in [3.05, 3.63) is 33.9 Å². The number of hydrogen-bond donors (Lipinski definition) is 2. The van der Waals surface area contributed by atoms with E-state index in [1.807, 2.05) is 11.8 Å². The lowest BCUT2D eigenvalue weighted by molar-refractivity contribution is -0.384. The van der Waals surface area contributed by atoms with Gasteiger partial charge < -0.3 is 16.0 Å². The van der Waals surface area contributed by atoms with E-state index in [1.54, 1.807) is 12.1 Å². The van der Waals surface area contributed by atoms with Gasteiger partial charge in [0.2, 0.25) is 0 Å². The standard InChI is InChI=1S/C19H28N4O3/c1-13-7-9-22(10-8-13)16-6-3-14(11-17(16)23(25)26)18(24)21-19(2,12-20)15-4-5-15/h3,6,11,13,15H,4-5,7-10,12,20H2,1-2H3,(H,21,24). The number of nitrogens with two attached hydrogens (primary N) is 1. The van der Waals surface area contributed by atoms with Gasteiger partial charge in [0, 0.05) is 31.3 Å². The van der Waals surface area contributed by atoms with Gasteiger partial charge in [0.1, 0.15) is 5.69 Å². The number of nitrogens with zero attached hydrogens (tertiary/aromatic N) is 2. The minimum absolute atomic E-state index is 0.00641. The zero-order valence-electron chi connectivity index (χ0n) is 15.5. The molecule has 0 spiro atoms. The van der Waals surface area contributed by atoms with E-state index in [-0.39, 0.29) is 11.6 Å². The highest BCUT2D eigenvalue weighted by atomic mass is 16.6. The summed E-state index contributed by atoms with van der Waals surface area (Å²) in [6.45, 7) is 6.12. The number of carbonyl (C=O) groups is 1. The summed E-state index contributed by atoms with van der Waals surface area (Å²) >= 11 is 0. The molecule has 1 aliphatic heterocycles. The van der Waals surface area contributed by atoms with Gasteiger partial charge in [0.25, 0.3) is 11.6 Å². The molecule has 7 nitrogen and oxygen atoms in total. The molecule has 1 aromatic rings. The first kappa shape index (κ1) is 18.6. The van der Waals surface area contributed by atoms with E-state index in [9.17, 15) is 14.9 Å². The van der Waals surface area contributed by atoms with Crippen molar-refractivity contribution < 1.29 is 9.72 Å². The van der Waals surface area contributed by atoms with E-state index in [0.29, 0.717) is 29.6 Å². The fourth-order valence-corrected chi connectivity index (χ4v) is 3.70. The zero-order chi connectivity index (χ0) is 18.9. The van der Waals surface area contributed by atoms with E-state index in [0.717, 1.165) is 38.8 Å². The highest BCUT2D eigenvalue weighted by molar-refractivity contribution is 5.96. The largest absolute Gasteiger partial charge is 0.366 e. The number of benzene rings is 1. The van der Waals surface area contributed by atoms with E-state index in [2.05, 4.69) is 12.2 Å². The Labute approximate surface area is 154 Å². The molecule has 3 N–H and O–H groups in total. The van der Waals surface area contributed by atoms with Crippen LogP contribution in [0, 0.1) is 22.0 Å². The third-order valence-corrected chi connectivity index (χ3v) is 5.86. The Kier molecular flexibility index (Phi) is 5.18. The molecule has 1 amide bonds. The molecule has 1 atom stereocenters. The van der Waals surface area contributed by atoms with Crippen LogP contribution in [0.3, 0.4) is 0 Å². The van der Waals surface area contributed by atoms with Crippen molar-refractivity contribution >= 4 is 17.3 Å². The van der Waals surface area contributed by atoms with Gasteiger partial charge in [-0.2, -0.15) is 0 Å². The van der Waals surface area contributed by atoms with Gasteiger partial charge in [0.05, 0.1) is 10.5 Å². The Bertz CT molecular complexity index is 696. The lowest BCUT2D eigenvalue weighted by Crippen LogP contribution is -2.53. The van der Waals surface area contributed by atoms with E-state index < -0.39 is 10.5 Å². The second-order valence-electron chi connectivity index (χ2n) is 7.98. The number of nitro benzene ring substituents is 1. The highest BCUT2D eigenvalue weighted by Gasteiger charge is 2.41. The van der Waals surface area contributed by atoms with Crippen molar-refractivity contribution in [3.63, 3.8) is 0 Å². The second kappa shape index (κ2) is 7.23. The first-order valence-corrected chi connectivity index (χ1v) is 9.40.